The summed E-state index contributed by atoms with van der Waals surface area (Å²) in [6.07, 6.45) is 3.09. The lowest BCUT2D eigenvalue weighted by Gasteiger charge is -2.10. The molecule has 0 atom stereocenters. The van der Waals surface area contributed by atoms with Crippen LogP contribution in [0.25, 0.3) is 11.1 Å². The van der Waals surface area contributed by atoms with Crippen LogP contribution in [0.5, 0.6) is 5.75 Å². The summed E-state index contributed by atoms with van der Waals surface area (Å²) in [6.45, 7) is 3.77. The molecule has 1 heterocycles. The van der Waals surface area contributed by atoms with Crippen molar-refractivity contribution in [2.45, 2.75) is 20.0 Å². The largest absolute Gasteiger partial charge is 0.489 e. The number of pyridine rings is 1. The number of carbonyl (C=O) groups is 1. The van der Waals surface area contributed by atoms with Gasteiger partial charge in [-0.15, -0.1) is 0 Å². The summed E-state index contributed by atoms with van der Waals surface area (Å²) < 4.78 is 19.0. The molecule has 0 aliphatic rings. The fourth-order valence-corrected chi connectivity index (χ4v) is 1.79. The summed E-state index contributed by atoms with van der Waals surface area (Å²) in [5, 5.41) is 8.95. The molecule has 0 amide bonds. The van der Waals surface area contributed by atoms with Crippen molar-refractivity contribution in [3.8, 4) is 16.9 Å². The topological polar surface area (TPSA) is 59.4 Å². The summed E-state index contributed by atoms with van der Waals surface area (Å²) in [5.74, 6) is -1.22. The molecule has 1 aromatic carbocycles. The number of hydrogen-bond acceptors (Lipinski definition) is 3. The second kappa shape index (κ2) is 5.69. The summed E-state index contributed by atoms with van der Waals surface area (Å²) in [4.78, 5) is 15.0. The van der Waals surface area contributed by atoms with Crippen molar-refractivity contribution in [1.29, 1.82) is 0 Å². The fraction of sp³-hybridized carbons (Fsp3) is 0.200. The molecule has 0 saturated carbocycles. The first kappa shape index (κ1) is 14.0. The second-order valence-electron chi connectivity index (χ2n) is 4.61. The van der Waals surface area contributed by atoms with E-state index in [4.69, 9.17) is 9.84 Å². The standard InChI is InChI=1S/C15H14FNO3/c1-9(2)20-14-6-12(7-17-8-14)10-3-11(15(18)19)5-13(16)4-10/h3-9H,1-2H3,(H,18,19). The summed E-state index contributed by atoms with van der Waals surface area (Å²) in [7, 11) is 0. The highest BCUT2D eigenvalue weighted by Crippen LogP contribution is 2.25. The molecule has 0 unspecified atom stereocenters. The maximum absolute atomic E-state index is 13.5. The number of ether oxygens (including phenoxy) is 1. The van der Waals surface area contributed by atoms with Crippen LogP contribution < -0.4 is 4.74 Å². The number of aromatic nitrogens is 1. The summed E-state index contributed by atoms with van der Waals surface area (Å²) >= 11 is 0. The van der Waals surface area contributed by atoms with Crippen LogP contribution in [-0.2, 0) is 0 Å². The molecule has 1 N–H and O–H groups in total. The second-order valence-corrected chi connectivity index (χ2v) is 4.61. The van der Waals surface area contributed by atoms with Crippen LogP contribution in [0.4, 0.5) is 4.39 Å². The number of benzene rings is 1. The Bertz CT molecular complexity index is 641. The zero-order valence-corrected chi connectivity index (χ0v) is 11.1. The number of halogens is 1. The normalized spacial score (nSPS) is 10.6. The van der Waals surface area contributed by atoms with Gasteiger partial charge in [0.2, 0.25) is 0 Å². The molecule has 1 aromatic heterocycles. The van der Waals surface area contributed by atoms with Crippen molar-refractivity contribution in [3.63, 3.8) is 0 Å². The predicted octanol–water partition coefficient (Wildman–Crippen LogP) is 3.37. The summed E-state index contributed by atoms with van der Waals surface area (Å²) in [5.41, 5.74) is 0.949. The zero-order chi connectivity index (χ0) is 14.7. The third kappa shape index (κ3) is 3.32. The van der Waals surface area contributed by atoms with Gasteiger partial charge >= 0.3 is 5.97 Å². The van der Waals surface area contributed by atoms with Gasteiger partial charge in [0.15, 0.2) is 0 Å². The molecule has 2 aromatic rings. The highest BCUT2D eigenvalue weighted by atomic mass is 19.1. The number of aromatic carboxylic acids is 1. The predicted molar refractivity (Wildman–Crippen MR) is 72.4 cm³/mol. The number of nitrogens with zero attached hydrogens (tertiary/aromatic N) is 1. The maximum Gasteiger partial charge on any atom is 0.335 e. The molecule has 0 saturated heterocycles. The molecule has 2 rings (SSSR count). The Hall–Kier alpha value is -2.43. The number of hydrogen-bond donors (Lipinski definition) is 1. The monoisotopic (exact) mass is 275 g/mol. The van der Waals surface area contributed by atoms with Gasteiger partial charge in [0.25, 0.3) is 0 Å². The first-order valence-electron chi connectivity index (χ1n) is 6.11. The lowest BCUT2D eigenvalue weighted by atomic mass is 10.0. The van der Waals surface area contributed by atoms with E-state index >= 15 is 0 Å². The molecule has 5 heteroatoms. The summed E-state index contributed by atoms with van der Waals surface area (Å²) in [6, 6.07) is 5.35. The van der Waals surface area contributed by atoms with Crippen molar-refractivity contribution in [1.82, 2.24) is 4.98 Å². The third-order valence-corrected chi connectivity index (χ3v) is 2.56. The Balaban J connectivity index is 2.43. The molecule has 0 aliphatic heterocycles. The van der Waals surface area contributed by atoms with Gasteiger partial charge in [0.1, 0.15) is 11.6 Å². The van der Waals surface area contributed by atoms with E-state index in [2.05, 4.69) is 4.98 Å². The van der Waals surface area contributed by atoms with E-state index in [0.717, 1.165) is 6.07 Å². The Labute approximate surface area is 115 Å². The van der Waals surface area contributed by atoms with E-state index in [9.17, 15) is 9.18 Å². The van der Waals surface area contributed by atoms with Crippen LogP contribution in [0, 0.1) is 5.82 Å². The molecule has 0 bridgehead atoms. The third-order valence-electron chi connectivity index (χ3n) is 2.56. The van der Waals surface area contributed by atoms with Crippen LogP contribution in [0.2, 0.25) is 0 Å². The minimum absolute atomic E-state index is 0.00543. The molecule has 0 radical (unpaired) electrons. The molecule has 0 fully saturated rings. The highest BCUT2D eigenvalue weighted by molar-refractivity contribution is 5.89. The molecule has 4 nitrogen and oxygen atoms in total. The van der Waals surface area contributed by atoms with Crippen LogP contribution in [0.3, 0.4) is 0 Å². The van der Waals surface area contributed by atoms with E-state index in [1.165, 1.54) is 18.3 Å². The van der Waals surface area contributed by atoms with Gasteiger partial charge in [-0.05, 0) is 43.7 Å². The average molecular weight is 275 g/mol. The number of carboxylic acids is 1. The number of carboxylic acid groups (broad SMARTS) is 1. The quantitative estimate of drug-likeness (QED) is 0.929. The lowest BCUT2D eigenvalue weighted by Crippen LogP contribution is -2.05. The maximum atomic E-state index is 13.5. The highest BCUT2D eigenvalue weighted by Gasteiger charge is 2.09. The lowest BCUT2D eigenvalue weighted by molar-refractivity contribution is 0.0696. The van der Waals surface area contributed by atoms with Crippen LogP contribution >= 0.6 is 0 Å². The van der Waals surface area contributed by atoms with E-state index in [1.807, 2.05) is 13.8 Å². The Morgan fingerprint density at radius 3 is 2.60 bits per heavy atom. The van der Waals surface area contributed by atoms with Gasteiger partial charge < -0.3 is 9.84 Å². The van der Waals surface area contributed by atoms with Gasteiger partial charge in [0, 0.05) is 11.8 Å². The molecule has 20 heavy (non-hydrogen) atoms. The SMILES string of the molecule is CC(C)Oc1cncc(-c2cc(F)cc(C(=O)O)c2)c1. The van der Waals surface area contributed by atoms with Crippen molar-refractivity contribution >= 4 is 5.97 Å². The fourth-order valence-electron chi connectivity index (χ4n) is 1.79. The van der Waals surface area contributed by atoms with Crippen molar-refractivity contribution in [2.75, 3.05) is 0 Å². The van der Waals surface area contributed by atoms with E-state index in [1.54, 1.807) is 12.3 Å². The molecular formula is C15H14FNO3. The minimum Gasteiger partial charge on any atom is -0.489 e. The average Bonchev–Trinajstić information content (AvgIpc) is 2.37. The van der Waals surface area contributed by atoms with Gasteiger partial charge in [-0.3, -0.25) is 4.98 Å². The van der Waals surface area contributed by atoms with Crippen molar-refractivity contribution in [2.24, 2.45) is 0 Å². The van der Waals surface area contributed by atoms with E-state index < -0.39 is 11.8 Å². The zero-order valence-electron chi connectivity index (χ0n) is 11.1. The molecule has 0 spiro atoms. The number of rotatable bonds is 4. The van der Waals surface area contributed by atoms with Crippen LogP contribution in [0.1, 0.15) is 24.2 Å². The van der Waals surface area contributed by atoms with Crippen molar-refractivity contribution < 1.29 is 19.0 Å². The van der Waals surface area contributed by atoms with E-state index in [-0.39, 0.29) is 11.7 Å². The van der Waals surface area contributed by atoms with Gasteiger partial charge in [0.05, 0.1) is 17.9 Å². The molecule has 0 aliphatic carbocycles. The van der Waals surface area contributed by atoms with Gasteiger partial charge in [-0.2, -0.15) is 0 Å². The minimum atomic E-state index is -1.17. The van der Waals surface area contributed by atoms with E-state index in [0.29, 0.717) is 16.9 Å². The Morgan fingerprint density at radius 1 is 1.20 bits per heavy atom. The smallest absolute Gasteiger partial charge is 0.335 e. The van der Waals surface area contributed by atoms with Gasteiger partial charge in [-0.1, -0.05) is 0 Å². The van der Waals surface area contributed by atoms with Crippen LogP contribution in [-0.4, -0.2) is 22.2 Å². The first-order chi connectivity index (χ1) is 9.45. The van der Waals surface area contributed by atoms with Gasteiger partial charge in [-0.25, -0.2) is 9.18 Å². The molecular weight excluding hydrogens is 261 g/mol. The molecule has 104 valence electrons. The Morgan fingerprint density at radius 2 is 1.95 bits per heavy atom. The van der Waals surface area contributed by atoms with Crippen LogP contribution in [0.15, 0.2) is 36.7 Å². The van der Waals surface area contributed by atoms with Crippen molar-refractivity contribution in [3.05, 3.63) is 48.0 Å². The first-order valence-corrected chi connectivity index (χ1v) is 6.11. The Kier molecular flexibility index (Phi) is 3.98.